The molecule has 1 saturated carbocycles. The number of pyridine rings is 1. The molecule has 1 fully saturated rings. The lowest BCUT2D eigenvalue weighted by Crippen LogP contribution is -2.63. The summed E-state index contributed by atoms with van der Waals surface area (Å²) in [6.45, 7) is 2.26. The van der Waals surface area contributed by atoms with Gasteiger partial charge in [-0.3, -0.25) is 24.0 Å². The highest BCUT2D eigenvalue weighted by Gasteiger charge is 2.46. The molecule has 9 heteroatoms. The summed E-state index contributed by atoms with van der Waals surface area (Å²) >= 11 is 0. The molecule has 9 nitrogen and oxygen atoms in total. The van der Waals surface area contributed by atoms with E-state index in [2.05, 4.69) is 20.7 Å². The van der Waals surface area contributed by atoms with Gasteiger partial charge in [0.2, 0.25) is 5.91 Å². The van der Waals surface area contributed by atoms with Crippen molar-refractivity contribution in [2.24, 2.45) is 0 Å². The van der Waals surface area contributed by atoms with Crippen molar-refractivity contribution in [2.45, 2.75) is 70.1 Å². The van der Waals surface area contributed by atoms with Crippen LogP contribution in [0.25, 0.3) is 0 Å². The molecule has 0 radical (unpaired) electrons. The number of amides is 3. The summed E-state index contributed by atoms with van der Waals surface area (Å²) in [6, 6.07) is 5.28. The normalized spacial score (nSPS) is 21.6. The van der Waals surface area contributed by atoms with Crippen molar-refractivity contribution in [1.29, 1.82) is 0 Å². The third-order valence-electron chi connectivity index (χ3n) is 6.59. The van der Waals surface area contributed by atoms with E-state index in [1.54, 1.807) is 32.4 Å². The molecule has 4 rings (SSSR count). The minimum absolute atomic E-state index is 0.137. The van der Waals surface area contributed by atoms with Crippen molar-refractivity contribution in [3.05, 3.63) is 47.5 Å². The van der Waals surface area contributed by atoms with Crippen LogP contribution in [0.4, 0.5) is 0 Å². The molecule has 3 heterocycles. The highest BCUT2D eigenvalue weighted by atomic mass is 16.2. The zero-order valence-corrected chi connectivity index (χ0v) is 18.6. The molecule has 3 amide bonds. The molecule has 1 aliphatic carbocycles. The second kappa shape index (κ2) is 9.10. The highest BCUT2D eigenvalue weighted by Crippen LogP contribution is 2.27. The van der Waals surface area contributed by atoms with E-state index in [9.17, 15) is 14.4 Å². The molecule has 2 aliphatic rings. The first kappa shape index (κ1) is 22.0. The van der Waals surface area contributed by atoms with Crippen LogP contribution in [0.2, 0.25) is 0 Å². The Balaban J connectivity index is 1.48. The smallest absolute Gasteiger partial charge is 0.272 e. The molecule has 0 bridgehead atoms. The average molecular weight is 439 g/mol. The number of fused-ring (bicyclic) bond motifs is 1. The molecular weight excluding hydrogens is 408 g/mol. The number of nitrogens with zero attached hydrogens (tertiary/aromatic N) is 4. The summed E-state index contributed by atoms with van der Waals surface area (Å²) in [5.41, 5.74) is 0.243. The Morgan fingerprint density at radius 1 is 1.22 bits per heavy atom. The van der Waals surface area contributed by atoms with E-state index in [1.165, 1.54) is 28.5 Å². The Kier molecular flexibility index (Phi) is 6.25. The summed E-state index contributed by atoms with van der Waals surface area (Å²) in [5, 5.41) is 10.3. The fourth-order valence-corrected chi connectivity index (χ4v) is 4.38. The number of hydrogen-bond acceptors (Lipinski definition) is 5. The summed E-state index contributed by atoms with van der Waals surface area (Å²) < 4.78 is 1.48. The quantitative estimate of drug-likeness (QED) is 0.693. The maximum Gasteiger partial charge on any atom is 0.272 e. The monoisotopic (exact) mass is 438 g/mol. The van der Waals surface area contributed by atoms with Gasteiger partial charge in [0.1, 0.15) is 11.2 Å². The van der Waals surface area contributed by atoms with Gasteiger partial charge >= 0.3 is 0 Å². The van der Waals surface area contributed by atoms with E-state index >= 15 is 0 Å². The lowest BCUT2D eigenvalue weighted by atomic mass is 9.95. The van der Waals surface area contributed by atoms with Crippen LogP contribution in [-0.2, 0) is 17.9 Å². The van der Waals surface area contributed by atoms with Gasteiger partial charge in [-0.2, -0.15) is 5.10 Å². The van der Waals surface area contributed by atoms with Crippen molar-refractivity contribution in [2.75, 3.05) is 7.05 Å². The Morgan fingerprint density at radius 2 is 1.97 bits per heavy atom. The van der Waals surface area contributed by atoms with Crippen molar-refractivity contribution < 1.29 is 14.4 Å². The average Bonchev–Trinajstić information content (AvgIpc) is 3.05. The number of aromatic nitrogens is 3. The van der Waals surface area contributed by atoms with Crippen LogP contribution < -0.4 is 10.6 Å². The summed E-state index contributed by atoms with van der Waals surface area (Å²) in [4.78, 5) is 44.4. The van der Waals surface area contributed by atoms with Crippen LogP contribution in [0.1, 0.15) is 72.0 Å². The predicted molar refractivity (Wildman–Crippen MR) is 118 cm³/mol. The van der Waals surface area contributed by atoms with E-state index < -0.39 is 5.54 Å². The Labute approximate surface area is 187 Å². The third-order valence-corrected chi connectivity index (χ3v) is 6.59. The van der Waals surface area contributed by atoms with Crippen molar-refractivity contribution in [3.63, 3.8) is 0 Å². The molecular formula is C23H30N6O3. The first-order valence-electron chi connectivity index (χ1n) is 11.2. The number of carbonyl (C=O) groups is 3. The molecule has 1 atom stereocenters. The first-order valence-corrected chi connectivity index (χ1v) is 11.2. The zero-order valence-electron chi connectivity index (χ0n) is 18.6. The molecule has 0 spiro atoms. The topological polar surface area (TPSA) is 109 Å². The van der Waals surface area contributed by atoms with Crippen molar-refractivity contribution in [1.82, 2.24) is 30.3 Å². The van der Waals surface area contributed by atoms with Crippen LogP contribution >= 0.6 is 0 Å². The Hall–Kier alpha value is -3.23. The second-order valence-electron chi connectivity index (χ2n) is 8.92. The van der Waals surface area contributed by atoms with Crippen molar-refractivity contribution >= 4 is 17.7 Å². The van der Waals surface area contributed by atoms with Crippen LogP contribution in [0.15, 0.2) is 30.6 Å². The molecule has 1 aliphatic heterocycles. The number of hydrogen-bond donors (Lipinski definition) is 2. The summed E-state index contributed by atoms with van der Waals surface area (Å²) in [7, 11) is 1.63. The molecule has 32 heavy (non-hydrogen) atoms. The minimum Gasteiger partial charge on any atom is -0.351 e. The highest BCUT2D eigenvalue weighted by molar-refractivity contribution is 6.01. The van der Waals surface area contributed by atoms with E-state index in [0.29, 0.717) is 12.2 Å². The number of nitrogens with one attached hydrogen (secondary N) is 2. The van der Waals surface area contributed by atoms with Crippen molar-refractivity contribution in [3.8, 4) is 0 Å². The molecule has 0 unspecified atom stereocenters. The Morgan fingerprint density at radius 3 is 2.66 bits per heavy atom. The van der Waals surface area contributed by atoms with E-state index in [4.69, 9.17) is 0 Å². The van der Waals surface area contributed by atoms with Gasteiger partial charge in [0, 0.05) is 38.1 Å². The largest absolute Gasteiger partial charge is 0.351 e. The van der Waals surface area contributed by atoms with Gasteiger partial charge in [0.05, 0.1) is 6.54 Å². The number of likely N-dealkylation sites (N-methyl/N-ethyl adjacent to an activating group) is 1. The van der Waals surface area contributed by atoms with Gasteiger partial charge in [0.15, 0.2) is 5.69 Å². The molecule has 0 saturated heterocycles. The van der Waals surface area contributed by atoms with E-state index in [1.807, 2.05) is 6.07 Å². The maximum atomic E-state index is 13.2. The van der Waals surface area contributed by atoms with Gasteiger partial charge < -0.3 is 15.5 Å². The lowest BCUT2D eigenvalue weighted by molar-refractivity contribution is -0.133. The maximum absolute atomic E-state index is 13.2. The lowest BCUT2D eigenvalue weighted by Gasteiger charge is -2.41. The molecule has 2 N–H and O–H groups in total. The van der Waals surface area contributed by atoms with Crippen LogP contribution in [-0.4, -0.2) is 56.0 Å². The number of rotatable bonds is 5. The number of carbonyl (C=O) groups excluding carboxylic acids is 3. The van der Waals surface area contributed by atoms with E-state index in [-0.39, 0.29) is 36.0 Å². The summed E-state index contributed by atoms with van der Waals surface area (Å²) in [6.07, 6.45) is 9.89. The SMILES string of the molecule is CN1C(=O)c2cc(C(=O)NCc3cccnc3)nn2C[C@@]1(C)C(=O)NC1CCCCCC1. The van der Waals surface area contributed by atoms with Gasteiger partial charge in [-0.25, -0.2) is 0 Å². The fourth-order valence-electron chi connectivity index (χ4n) is 4.38. The van der Waals surface area contributed by atoms with Crippen LogP contribution in [0.5, 0.6) is 0 Å². The fraction of sp³-hybridized carbons (Fsp3) is 0.522. The zero-order chi connectivity index (χ0) is 22.7. The van der Waals surface area contributed by atoms with Gasteiger partial charge in [-0.15, -0.1) is 0 Å². The third kappa shape index (κ3) is 4.37. The predicted octanol–water partition coefficient (Wildman–Crippen LogP) is 1.89. The van der Waals surface area contributed by atoms with Gasteiger partial charge in [0.25, 0.3) is 11.8 Å². The Bertz CT molecular complexity index is 996. The van der Waals surface area contributed by atoms with Crippen LogP contribution in [0.3, 0.4) is 0 Å². The van der Waals surface area contributed by atoms with Gasteiger partial charge in [-0.1, -0.05) is 31.7 Å². The van der Waals surface area contributed by atoms with Gasteiger partial charge in [-0.05, 0) is 31.4 Å². The second-order valence-corrected chi connectivity index (χ2v) is 8.92. The molecule has 2 aromatic heterocycles. The van der Waals surface area contributed by atoms with E-state index in [0.717, 1.165) is 31.2 Å². The minimum atomic E-state index is -1.08. The molecule has 0 aromatic carbocycles. The molecule has 170 valence electrons. The first-order chi connectivity index (χ1) is 15.4. The molecule has 2 aromatic rings. The van der Waals surface area contributed by atoms with Crippen LogP contribution in [0, 0.1) is 0 Å². The summed E-state index contributed by atoms with van der Waals surface area (Å²) in [5.74, 6) is -0.881. The standard InChI is InChI=1S/C23H30N6O3/c1-23(22(32)26-17-9-5-3-4-6-10-17)15-29-19(21(31)28(23)2)12-18(27-29)20(30)25-14-16-8-7-11-24-13-16/h7-8,11-13,17H,3-6,9-10,14-15H2,1-2H3,(H,25,30)(H,26,32)/t23-/m0/s1.